The molecule has 5 heteroatoms. The van der Waals surface area contributed by atoms with E-state index in [0.717, 1.165) is 22.4 Å². The Morgan fingerprint density at radius 2 is 1.81 bits per heavy atom. The van der Waals surface area contributed by atoms with E-state index in [1.54, 1.807) is 24.3 Å². The molecule has 2 aromatic carbocycles. The lowest BCUT2D eigenvalue weighted by molar-refractivity contribution is 0.475. The number of hydrogen-bond acceptors (Lipinski definition) is 5. The molecule has 0 spiro atoms. The standard InChI is InChI=1S/C21H20N4O/c1-3-7-18-14(2)23-21(16-8-5-4-6-9-16)24-20(18)19(25-22)15-10-12-17(26)13-11-15/h3-6,8-13,26H,1,7,22H2,2H3/b25-19+. The SMILES string of the molecule is C=CCc1c(C)nc(-c2ccccc2)nc1/C(=N/N)c1ccc(O)cc1. The molecule has 0 aliphatic carbocycles. The molecule has 0 saturated carbocycles. The van der Waals surface area contributed by atoms with Gasteiger partial charge in [0.15, 0.2) is 5.82 Å². The number of nitrogens with zero attached hydrogens (tertiary/aromatic N) is 3. The van der Waals surface area contributed by atoms with E-state index < -0.39 is 0 Å². The van der Waals surface area contributed by atoms with Crippen LogP contribution in [0, 0.1) is 6.92 Å². The first kappa shape index (κ1) is 17.4. The molecule has 3 N–H and O–H groups in total. The Morgan fingerprint density at radius 1 is 1.12 bits per heavy atom. The molecule has 0 saturated heterocycles. The van der Waals surface area contributed by atoms with Crippen LogP contribution in [0.5, 0.6) is 5.75 Å². The van der Waals surface area contributed by atoms with Gasteiger partial charge in [-0.2, -0.15) is 5.10 Å². The average Bonchev–Trinajstić information content (AvgIpc) is 2.67. The van der Waals surface area contributed by atoms with Gasteiger partial charge in [-0.15, -0.1) is 6.58 Å². The molecule has 0 radical (unpaired) electrons. The minimum atomic E-state index is 0.181. The number of hydrazone groups is 1. The molecule has 3 rings (SSSR count). The lowest BCUT2D eigenvalue weighted by Crippen LogP contribution is -2.15. The minimum absolute atomic E-state index is 0.181. The molecule has 3 aromatic rings. The Morgan fingerprint density at radius 3 is 2.42 bits per heavy atom. The van der Waals surface area contributed by atoms with Crippen LogP contribution in [-0.2, 0) is 6.42 Å². The van der Waals surface area contributed by atoms with E-state index >= 15 is 0 Å². The quantitative estimate of drug-likeness (QED) is 0.320. The van der Waals surface area contributed by atoms with Crippen molar-refractivity contribution in [3.8, 4) is 17.1 Å². The van der Waals surface area contributed by atoms with Crippen molar-refractivity contribution < 1.29 is 5.11 Å². The fraction of sp³-hybridized carbons (Fsp3) is 0.0952. The smallest absolute Gasteiger partial charge is 0.160 e. The summed E-state index contributed by atoms with van der Waals surface area (Å²) < 4.78 is 0. The number of benzene rings is 2. The van der Waals surface area contributed by atoms with Crippen LogP contribution >= 0.6 is 0 Å². The van der Waals surface area contributed by atoms with Gasteiger partial charge in [0.05, 0.1) is 5.69 Å². The van der Waals surface area contributed by atoms with Crippen LogP contribution in [0.4, 0.5) is 0 Å². The zero-order valence-electron chi connectivity index (χ0n) is 14.6. The topological polar surface area (TPSA) is 84.4 Å². The van der Waals surface area contributed by atoms with Crippen LogP contribution in [-0.4, -0.2) is 20.8 Å². The maximum atomic E-state index is 9.55. The molecule has 0 bridgehead atoms. The maximum Gasteiger partial charge on any atom is 0.160 e. The van der Waals surface area contributed by atoms with Crippen LogP contribution in [0.25, 0.3) is 11.4 Å². The van der Waals surface area contributed by atoms with Crippen molar-refractivity contribution in [3.63, 3.8) is 0 Å². The second-order valence-electron chi connectivity index (χ2n) is 5.84. The Kier molecular flexibility index (Phi) is 5.08. The predicted octanol–water partition coefficient (Wildman–Crippen LogP) is 3.60. The Balaban J connectivity index is 2.21. The number of rotatable bonds is 5. The molecular formula is C21H20N4O. The van der Waals surface area contributed by atoms with E-state index in [1.807, 2.05) is 43.3 Å². The highest BCUT2D eigenvalue weighted by molar-refractivity contribution is 6.12. The van der Waals surface area contributed by atoms with E-state index in [-0.39, 0.29) is 5.75 Å². The van der Waals surface area contributed by atoms with Crippen molar-refractivity contribution in [2.45, 2.75) is 13.3 Å². The number of allylic oxidation sites excluding steroid dienone is 1. The largest absolute Gasteiger partial charge is 0.508 e. The third-order valence-corrected chi connectivity index (χ3v) is 4.09. The second-order valence-corrected chi connectivity index (χ2v) is 5.84. The van der Waals surface area contributed by atoms with Crippen molar-refractivity contribution in [1.29, 1.82) is 0 Å². The molecule has 26 heavy (non-hydrogen) atoms. The van der Waals surface area contributed by atoms with Gasteiger partial charge < -0.3 is 10.9 Å². The van der Waals surface area contributed by atoms with Crippen molar-refractivity contribution in [2.75, 3.05) is 0 Å². The van der Waals surface area contributed by atoms with Crippen LogP contribution < -0.4 is 5.84 Å². The summed E-state index contributed by atoms with van der Waals surface area (Å²) in [6.45, 7) is 5.77. The summed E-state index contributed by atoms with van der Waals surface area (Å²) in [5, 5.41) is 13.5. The summed E-state index contributed by atoms with van der Waals surface area (Å²) in [5.41, 5.74) is 4.69. The van der Waals surface area contributed by atoms with Crippen LogP contribution in [0.3, 0.4) is 0 Å². The van der Waals surface area contributed by atoms with Crippen LogP contribution in [0.15, 0.2) is 72.4 Å². The van der Waals surface area contributed by atoms with E-state index in [1.165, 1.54) is 0 Å². The fourth-order valence-corrected chi connectivity index (χ4v) is 2.79. The average molecular weight is 344 g/mol. The van der Waals surface area contributed by atoms with Crippen LogP contribution in [0.1, 0.15) is 22.5 Å². The summed E-state index contributed by atoms with van der Waals surface area (Å²) >= 11 is 0. The van der Waals surface area contributed by atoms with Gasteiger partial charge >= 0.3 is 0 Å². The molecule has 0 amide bonds. The maximum absolute atomic E-state index is 9.55. The number of nitrogens with two attached hydrogens (primary N) is 1. The van der Waals surface area contributed by atoms with Gasteiger partial charge in [-0.05, 0) is 37.6 Å². The fourth-order valence-electron chi connectivity index (χ4n) is 2.79. The number of aromatic nitrogens is 2. The molecule has 0 unspecified atom stereocenters. The molecular weight excluding hydrogens is 324 g/mol. The van der Waals surface area contributed by atoms with Gasteiger partial charge in [-0.3, -0.25) is 0 Å². The molecule has 0 aliphatic rings. The molecule has 0 fully saturated rings. The van der Waals surface area contributed by atoms with E-state index in [9.17, 15) is 5.11 Å². The van der Waals surface area contributed by atoms with Crippen LogP contribution in [0.2, 0.25) is 0 Å². The minimum Gasteiger partial charge on any atom is -0.508 e. The third-order valence-electron chi connectivity index (χ3n) is 4.09. The summed E-state index contributed by atoms with van der Waals surface area (Å²) in [6.07, 6.45) is 2.41. The summed E-state index contributed by atoms with van der Waals surface area (Å²) in [4.78, 5) is 9.41. The van der Waals surface area contributed by atoms with Gasteiger partial charge in [-0.25, -0.2) is 9.97 Å². The molecule has 1 heterocycles. The number of aryl methyl sites for hydroxylation is 1. The second kappa shape index (κ2) is 7.61. The number of aromatic hydroxyl groups is 1. The number of phenols is 1. The summed E-state index contributed by atoms with van der Waals surface area (Å²) in [6, 6.07) is 16.5. The van der Waals surface area contributed by atoms with E-state index in [0.29, 0.717) is 23.7 Å². The lowest BCUT2D eigenvalue weighted by atomic mass is 9.99. The van der Waals surface area contributed by atoms with Crippen molar-refractivity contribution in [3.05, 3.63) is 89.8 Å². The van der Waals surface area contributed by atoms with Gasteiger partial charge in [0.1, 0.15) is 11.5 Å². The van der Waals surface area contributed by atoms with Crippen molar-refractivity contribution in [2.24, 2.45) is 10.9 Å². The normalized spacial score (nSPS) is 11.3. The Labute approximate surface area is 152 Å². The molecule has 5 nitrogen and oxygen atoms in total. The first-order chi connectivity index (χ1) is 12.6. The predicted molar refractivity (Wildman–Crippen MR) is 104 cm³/mol. The highest BCUT2D eigenvalue weighted by atomic mass is 16.3. The van der Waals surface area contributed by atoms with Crippen molar-refractivity contribution in [1.82, 2.24) is 9.97 Å². The number of phenolic OH excluding ortho intramolecular Hbond substituents is 1. The van der Waals surface area contributed by atoms with E-state index in [2.05, 4.69) is 16.7 Å². The Hall–Kier alpha value is -3.47. The lowest BCUT2D eigenvalue weighted by Gasteiger charge is -2.14. The zero-order valence-corrected chi connectivity index (χ0v) is 14.6. The Bertz CT molecular complexity index is 948. The summed E-state index contributed by atoms with van der Waals surface area (Å²) in [7, 11) is 0. The molecule has 0 atom stereocenters. The van der Waals surface area contributed by atoms with Crippen molar-refractivity contribution >= 4 is 5.71 Å². The van der Waals surface area contributed by atoms with E-state index in [4.69, 9.17) is 10.8 Å². The third kappa shape index (κ3) is 3.47. The summed E-state index contributed by atoms with van der Waals surface area (Å²) in [5.74, 6) is 6.52. The van der Waals surface area contributed by atoms with Gasteiger partial charge in [0.2, 0.25) is 0 Å². The first-order valence-corrected chi connectivity index (χ1v) is 8.25. The monoisotopic (exact) mass is 344 g/mol. The molecule has 0 aliphatic heterocycles. The van der Waals surface area contributed by atoms with Gasteiger partial charge in [0.25, 0.3) is 0 Å². The highest BCUT2D eigenvalue weighted by Gasteiger charge is 2.18. The zero-order chi connectivity index (χ0) is 18.5. The van der Waals surface area contributed by atoms with Gasteiger partial charge in [-0.1, -0.05) is 36.4 Å². The number of hydrogen-bond donors (Lipinski definition) is 2. The molecule has 1 aromatic heterocycles. The van der Waals surface area contributed by atoms with Gasteiger partial charge in [0, 0.05) is 22.4 Å². The molecule has 130 valence electrons. The first-order valence-electron chi connectivity index (χ1n) is 8.25. The highest BCUT2D eigenvalue weighted by Crippen LogP contribution is 2.23.